The van der Waals surface area contributed by atoms with E-state index in [1.54, 1.807) is 4.90 Å². The number of alkyl halides is 3. The van der Waals surface area contributed by atoms with Gasteiger partial charge in [0.05, 0.1) is 12.2 Å². The molecule has 1 fully saturated rings. The van der Waals surface area contributed by atoms with Gasteiger partial charge in [-0.15, -0.1) is 13.2 Å². The van der Waals surface area contributed by atoms with E-state index in [-0.39, 0.29) is 23.8 Å². The van der Waals surface area contributed by atoms with Gasteiger partial charge in [0.15, 0.2) is 0 Å². The molecule has 0 saturated heterocycles. The Morgan fingerprint density at radius 1 is 1.13 bits per heavy atom. The number of fused-ring (bicyclic) bond motifs is 1. The van der Waals surface area contributed by atoms with Gasteiger partial charge in [0, 0.05) is 11.6 Å². The number of carbonyl (C=O) groups excluding carboxylic acids is 1. The number of hydrogen-bond donors (Lipinski definition) is 1. The topological polar surface area (TPSA) is 50.8 Å². The van der Waals surface area contributed by atoms with Crippen molar-refractivity contribution in [1.29, 1.82) is 0 Å². The van der Waals surface area contributed by atoms with Crippen molar-refractivity contribution >= 4 is 17.4 Å². The molecule has 2 unspecified atom stereocenters. The van der Waals surface area contributed by atoms with Crippen LogP contribution in [-0.2, 0) is 0 Å². The molecule has 1 aliphatic heterocycles. The van der Waals surface area contributed by atoms with Crippen molar-refractivity contribution in [1.82, 2.24) is 0 Å². The van der Waals surface area contributed by atoms with Crippen molar-refractivity contribution in [3.05, 3.63) is 84.0 Å². The molecule has 2 aromatic carbocycles. The van der Waals surface area contributed by atoms with Gasteiger partial charge in [-0.3, -0.25) is 4.90 Å². The van der Waals surface area contributed by atoms with Crippen LogP contribution in [0.1, 0.15) is 50.5 Å². The highest BCUT2D eigenvalue weighted by atomic mass is 19.4. The minimum atomic E-state index is -4.77. The van der Waals surface area contributed by atoms with Crippen LogP contribution < -0.4 is 19.7 Å². The molecule has 2 atom stereocenters. The first-order chi connectivity index (χ1) is 18.1. The summed E-state index contributed by atoms with van der Waals surface area (Å²) >= 11 is 0. The summed E-state index contributed by atoms with van der Waals surface area (Å²) in [6, 6.07) is 10.6. The molecule has 2 aromatic rings. The van der Waals surface area contributed by atoms with Gasteiger partial charge < -0.3 is 14.8 Å². The molecule has 0 spiro atoms. The Kier molecular flexibility index (Phi) is 7.23. The van der Waals surface area contributed by atoms with E-state index in [2.05, 4.69) is 34.9 Å². The summed E-state index contributed by atoms with van der Waals surface area (Å²) in [6.45, 7) is 6.36. The summed E-state index contributed by atoms with van der Waals surface area (Å²) in [5.74, 6) is 1.14. The Morgan fingerprint density at radius 3 is 2.53 bits per heavy atom. The maximum absolute atomic E-state index is 13.1. The van der Waals surface area contributed by atoms with Gasteiger partial charge in [0.2, 0.25) is 0 Å². The lowest BCUT2D eigenvalue weighted by Crippen LogP contribution is -2.44. The second-order valence-electron chi connectivity index (χ2n) is 10.2. The Balaban J connectivity index is 1.26. The second kappa shape index (κ2) is 10.6. The number of halogens is 3. The number of rotatable bonds is 4. The largest absolute Gasteiger partial charge is 0.573 e. The van der Waals surface area contributed by atoms with E-state index in [9.17, 15) is 18.0 Å². The Labute approximate surface area is 220 Å². The smallest absolute Gasteiger partial charge is 0.487 e. The third kappa shape index (κ3) is 6.06. The first-order valence-corrected chi connectivity index (χ1v) is 12.9. The highest BCUT2D eigenvalue weighted by Gasteiger charge is 2.31. The number of nitrogens with zero attached hydrogens (tertiary/aromatic N) is 1. The lowest BCUT2D eigenvalue weighted by Gasteiger charge is -2.34. The molecular formula is C30H31F3N2O3. The summed E-state index contributed by atoms with van der Waals surface area (Å²) in [7, 11) is 0. The van der Waals surface area contributed by atoms with E-state index >= 15 is 0 Å². The van der Waals surface area contributed by atoms with E-state index in [1.165, 1.54) is 36.1 Å². The fourth-order valence-electron chi connectivity index (χ4n) is 5.36. The summed E-state index contributed by atoms with van der Waals surface area (Å²) < 4.78 is 47.2. The van der Waals surface area contributed by atoms with Crippen LogP contribution in [0.5, 0.6) is 11.5 Å². The van der Waals surface area contributed by atoms with Crippen LogP contribution in [-0.4, -0.2) is 25.0 Å². The minimum absolute atomic E-state index is 0.222. The molecule has 0 radical (unpaired) electrons. The zero-order valence-corrected chi connectivity index (χ0v) is 21.3. The molecule has 1 heterocycles. The third-order valence-corrected chi connectivity index (χ3v) is 7.35. The average Bonchev–Trinajstić information content (AvgIpc) is 2.88. The van der Waals surface area contributed by atoms with Crippen molar-refractivity contribution in [3.8, 4) is 11.5 Å². The first kappa shape index (κ1) is 25.9. The lowest BCUT2D eigenvalue weighted by atomic mass is 9.78. The Bertz CT molecular complexity index is 1260. The quantitative estimate of drug-likeness (QED) is 0.411. The highest BCUT2D eigenvalue weighted by Crippen LogP contribution is 2.40. The van der Waals surface area contributed by atoms with E-state index in [4.69, 9.17) is 4.74 Å². The molecule has 2 aliphatic carbocycles. The van der Waals surface area contributed by atoms with Crippen LogP contribution in [0.25, 0.3) is 0 Å². The number of amides is 2. The first-order valence-electron chi connectivity index (χ1n) is 12.9. The zero-order chi connectivity index (χ0) is 26.9. The number of hydrogen-bond acceptors (Lipinski definition) is 3. The van der Waals surface area contributed by atoms with Gasteiger partial charge in [-0.1, -0.05) is 36.4 Å². The number of carbonyl (C=O) groups is 1. The van der Waals surface area contributed by atoms with Crippen LogP contribution >= 0.6 is 0 Å². The van der Waals surface area contributed by atoms with E-state index in [0.29, 0.717) is 29.6 Å². The number of allylic oxidation sites excluding steroid dienone is 5. The van der Waals surface area contributed by atoms with Gasteiger partial charge in [-0.05, 0) is 92.5 Å². The van der Waals surface area contributed by atoms with Gasteiger partial charge >= 0.3 is 12.4 Å². The summed E-state index contributed by atoms with van der Waals surface area (Å²) in [5.41, 5.74) is 4.93. The fourth-order valence-corrected chi connectivity index (χ4v) is 5.36. The van der Waals surface area contributed by atoms with E-state index in [1.807, 2.05) is 25.1 Å². The predicted octanol–water partition coefficient (Wildman–Crippen LogP) is 8.12. The van der Waals surface area contributed by atoms with Crippen molar-refractivity contribution < 1.29 is 27.4 Å². The summed E-state index contributed by atoms with van der Waals surface area (Å²) in [4.78, 5) is 14.7. The average molecular weight is 525 g/mol. The van der Waals surface area contributed by atoms with Crippen molar-refractivity contribution in [2.24, 2.45) is 5.92 Å². The normalized spacial score (nSPS) is 21.8. The number of anilines is 2. The molecule has 200 valence electrons. The van der Waals surface area contributed by atoms with Crippen LogP contribution in [0.15, 0.2) is 78.4 Å². The van der Waals surface area contributed by atoms with Crippen LogP contribution in [0.4, 0.5) is 29.3 Å². The molecule has 2 amide bonds. The maximum Gasteiger partial charge on any atom is 0.573 e. The number of ether oxygens (including phenoxy) is 2. The van der Waals surface area contributed by atoms with Crippen LogP contribution in [0.3, 0.4) is 0 Å². The molecular weight excluding hydrogens is 493 g/mol. The van der Waals surface area contributed by atoms with E-state index in [0.717, 1.165) is 37.0 Å². The molecule has 0 aromatic heterocycles. The molecule has 5 nitrogen and oxygen atoms in total. The van der Waals surface area contributed by atoms with Crippen molar-refractivity contribution in [2.45, 2.75) is 57.4 Å². The highest BCUT2D eigenvalue weighted by molar-refractivity contribution is 6.03. The molecule has 38 heavy (non-hydrogen) atoms. The molecule has 5 rings (SSSR count). The number of nitrogens with one attached hydrogen (secondary N) is 1. The predicted molar refractivity (Wildman–Crippen MR) is 142 cm³/mol. The summed E-state index contributed by atoms with van der Waals surface area (Å²) in [5, 5.41) is 2.75. The lowest BCUT2D eigenvalue weighted by molar-refractivity contribution is -0.274. The zero-order valence-electron chi connectivity index (χ0n) is 21.3. The summed E-state index contributed by atoms with van der Waals surface area (Å²) in [6.07, 6.45) is 7.40. The molecule has 8 heteroatoms. The fraction of sp³-hybridized carbons (Fsp3) is 0.367. The maximum atomic E-state index is 13.1. The molecule has 0 bridgehead atoms. The van der Waals surface area contributed by atoms with Crippen molar-refractivity contribution in [3.63, 3.8) is 0 Å². The third-order valence-electron chi connectivity index (χ3n) is 7.35. The minimum Gasteiger partial charge on any atom is -0.487 e. The van der Waals surface area contributed by atoms with Crippen molar-refractivity contribution in [2.75, 3.05) is 16.8 Å². The van der Waals surface area contributed by atoms with Crippen LogP contribution in [0.2, 0.25) is 0 Å². The standard InChI is InChI=1S/C30H31F3N2O3/c1-19-3-5-21(6-4-19)22-7-9-23(10-8-22)24-11-16-27-28(17-24)37-20(2)18-35(27)29(36)34-25-12-14-26(15-13-25)38-30(31,32)33/h7-9,11-17,20-21,23H,1,3-6,10,18H2,2H3,(H,34,36). The van der Waals surface area contributed by atoms with Gasteiger partial charge in [0.25, 0.3) is 0 Å². The second-order valence-corrected chi connectivity index (χ2v) is 10.2. The van der Waals surface area contributed by atoms with Gasteiger partial charge in [0.1, 0.15) is 17.6 Å². The monoisotopic (exact) mass is 524 g/mol. The molecule has 1 N–H and O–H groups in total. The Morgan fingerprint density at radius 2 is 1.87 bits per heavy atom. The van der Waals surface area contributed by atoms with Gasteiger partial charge in [-0.25, -0.2) is 4.79 Å². The SMILES string of the molecule is C=C1CCC(C2=CCC(c3ccc4c(c3)OC(C)CN4C(=O)Nc3ccc(OC(F)(F)F)cc3)C=C2)CC1. The molecule has 1 saturated carbocycles. The van der Waals surface area contributed by atoms with E-state index < -0.39 is 6.36 Å². The number of benzene rings is 2. The Hall–Kier alpha value is -3.68. The molecule has 3 aliphatic rings. The van der Waals surface area contributed by atoms with Crippen LogP contribution in [0, 0.1) is 5.92 Å². The van der Waals surface area contributed by atoms with Gasteiger partial charge in [-0.2, -0.15) is 0 Å². The number of urea groups is 1.